The van der Waals surface area contributed by atoms with Gasteiger partial charge in [-0.2, -0.15) is 0 Å². The molecule has 4 rings (SSSR count). The summed E-state index contributed by atoms with van der Waals surface area (Å²) in [5.41, 5.74) is 5.64. The van der Waals surface area contributed by atoms with Crippen molar-refractivity contribution in [2.75, 3.05) is 10.2 Å². The summed E-state index contributed by atoms with van der Waals surface area (Å²) in [6, 6.07) is 27.4. The van der Waals surface area contributed by atoms with Crippen LogP contribution in [0.15, 0.2) is 78.9 Å². The summed E-state index contributed by atoms with van der Waals surface area (Å²) in [5, 5.41) is 3.67. The van der Waals surface area contributed by atoms with Gasteiger partial charge in [-0.05, 0) is 54.3 Å². The van der Waals surface area contributed by atoms with E-state index < -0.39 is 0 Å². The molecule has 3 nitrogen and oxygen atoms in total. The Balaban J connectivity index is 1.79. The highest BCUT2D eigenvalue weighted by molar-refractivity contribution is 5.94. The number of amides is 1. The van der Waals surface area contributed by atoms with Gasteiger partial charge in [-0.1, -0.05) is 54.6 Å². The molecule has 0 fully saturated rings. The summed E-state index contributed by atoms with van der Waals surface area (Å²) >= 11 is 0. The van der Waals surface area contributed by atoms with Crippen LogP contribution >= 0.6 is 0 Å². The third kappa shape index (κ3) is 3.45. The van der Waals surface area contributed by atoms with Gasteiger partial charge in [0.25, 0.3) is 0 Å². The number of hydrogen-bond donors (Lipinski definition) is 1. The van der Waals surface area contributed by atoms with Gasteiger partial charge in [0, 0.05) is 24.3 Å². The van der Waals surface area contributed by atoms with E-state index in [-0.39, 0.29) is 18.0 Å². The number of benzene rings is 3. The topological polar surface area (TPSA) is 32.3 Å². The number of carbonyl (C=O) groups is 1. The first kappa shape index (κ1) is 17.3. The van der Waals surface area contributed by atoms with E-state index in [1.54, 1.807) is 6.92 Å². The van der Waals surface area contributed by atoms with Crippen LogP contribution < -0.4 is 10.2 Å². The second-order valence-electron chi connectivity index (χ2n) is 7.18. The van der Waals surface area contributed by atoms with Gasteiger partial charge in [0.1, 0.15) is 0 Å². The second kappa shape index (κ2) is 7.28. The van der Waals surface area contributed by atoms with E-state index in [0.717, 1.165) is 17.8 Å². The largest absolute Gasteiger partial charge is 0.378 e. The minimum atomic E-state index is 0.0920. The van der Waals surface area contributed by atoms with Crippen molar-refractivity contribution in [3.05, 3.63) is 84.4 Å². The molecule has 2 atom stereocenters. The van der Waals surface area contributed by atoms with Crippen molar-refractivity contribution in [2.24, 2.45) is 0 Å². The van der Waals surface area contributed by atoms with Crippen LogP contribution in [0.2, 0.25) is 0 Å². The number of para-hydroxylation sites is 1. The summed E-state index contributed by atoms with van der Waals surface area (Å²) in [7, 11) is 0. The van der Waals surface area contributed by atoms with Gasteiger partial charge >= 0.3 is 0 Å². The average molecular weight is 356 g/mol. The maximum Gasteiger partial charge on any atom is 0.224 e. The van der Waals surface area contributed by atoms with Crippen LogP contribution in [0.4, 0.5) is 11.4 Å². The Hall–Kier alpha value is -3.07. The van der Waals surface area contributed by atoms with Gasteiger partial charge in [0.05, 0.1) is 6.04 Å². The zero-order chi connectivity index (χ0) is 18.8. The maximum atomic E-state index is 12.3. The molecule has 0 aromatic heterocycles. The number of rotatable bonds is 3. The van der Waals surface area contributed by atoms with Crippen LogP contribution in [-0.2, 0) is 4.79 Å². The van der Waals surface area contributed by atoms with Crippen LogP contribution in [0.5, 0.6) is 0 Å². The Labute approximate surface area is 160 Å². The number of hydrogen-bond acceptors (Lipinski definition) is 2. The van der Waals surface area contributed by atoms with Gasteiger partial charge < -0.3 is 10.2 Å². The van der Waals surface area contributed by atoms with Crippen molar-refractivity contribution in [3.8, 4) is 11.1 Å². The van der Waals surface area contributed by atoms with Crippen LogP contribution in [0.3, 0.4) is 0 Å². The lowest BCUT2D eigenvalue weighted by Gasteiger charge is -2.39. The Morgan fingerprint density at radius 2 is 1.59 bits per heavy atom. The fourth-order valence-electron chi connectivity index (χ4n) is 4.03. The van der Waals surface area contributed by atoms with Crippen molar-refractivity contribution in [1.29, 1.82) is 0 Å². The Morgan fingerprint density at radius 3 is 2.26 bits per heavy atom. The number of anilines is 2. The Bertz CT molecular complexity index is 937. The van der Waals surface area contributed by atoms with Crippen LogP contribution in [-0.4, -0.2) is 11.9 Å². The Morgan fingerprint density at radius 1 is 0.926 bits per heavy atom. The monoisotopic (exact) mass is 356 g/mol. The van der Waals surface area contributed by atoms with Crippen molar-refractivity contribution >= 4 is 17.3 Å². The average Bonchev–Trinajstić information content (AvgIpc) is 2.69. The SMILES string of the molecule is CC(=O)N1c2ccc(-c3ccccc3)cc2[C@H](Nc2ccccc2)C[C@H]1C. The fourth-order valence-corrected chi connectivity index (χ4v) is 4.03. The summed E-state index contributed by atoms with van der Waals surface area (Å²) in [4.78, 5) is 14.2. The molecule has 0 unspecified atom stereocenters. The predicted octanol–water partition coefficient (Wildman–Crippen LogP) is 5.65. The van der Waals surface area contributed by atoms with Crippen LogP contribution in [0, 0.1) is 0 Å². The minimum Gasteiger partial charge on any atom is -0.378 e. The smallest absolute Gasteiger partial charge is 0.224 e. The van der Waals surface area contributed by atoms with E-state index in [2.05, 4.69) is 66.8 Å². The first-order valence-corrected chi connectivity index (χ1v) is 9.44. The standard InChI is InChI=1S/C24H24N2O/c1-17-15-23(25-21-11-7-4-8-12-21)22-16-20(19-9-5-3-6-10-19)13-14-24(22)26(17)18(2)27/h3-14,16-17,23,25H,15H2,1-2H3/t17-,23-/m1/s1. The van der Waals surface area contributed by atoms with Crippen LogP contribution in [0.1, 0.15) is 31.9 Å². The first-order valence-electron chi connectivity index (χ1n) is 9.44. The van der Waals surface area contributed by atoms with E-state index in [1.165, 1.54) is 16.7 Å². The molecule has 1 N–H and O–H groups in total. The fraction of sp³-hybridized carbons (Fsp3) is 0.208. The number of nitrogens with zero attached hydrogens (tertiary/aromatic N) is 1. The normalized spacial score (nSPS) is 18.7. The van der Waals surface area contributed by atoms with Crippen molar-refractivity contribution in [2.45, 2.75) is 32.4 Å². The molecule has 3 aromatic rings. The quantitative estimate of drug-likeness (QED) is 0.657. The highest BCUT2D eigenvalue weighted by Crippen LogP contribution is 2.41. The van der Waals surface area contributed by atoms with E-state index in [1.807, 2.05) is 29.2 Å². The third-order valence-electron chi connectivity index (χ3n) is 5.24. The third-order valence-corrected chi connectivity index (χ3v) is 5.24. The van der Waals surface area contributed by atoms with Crippen LogP contribution in [0.25, 0.3) is 11.1 Å². The van der Waals surface area contributed by atoms with Gasteiger partial charge in [-0.3, -0.25) is 4.79 Å². The molecule has 136 valence electrons. The number of nitrogens with one attached hydrogen (secondary N) is 1. The molecule has 1 aliphatic rings. The molecule has 0 spiro atoms. The summed E-state index contributed by atoms with van der Waals surface area (Å²) in [5.74, 6) is 0.0920. The van der Waals surface area contributed by atoms with Gasteiger partial charge in [0.2, 0.25) is 5.91 Å². The Kier molecular flexibility index (Phi) is 4.68. The highest BCUT2D eigenvalue weighted by atomic mass is 16.2. The van der Waals surface area contributed by atoms with Gasteiger partial charge in [-0.15, -0.1) is 0 Å². The molecular weight excluding hydrogens is 332 g/mol. The van der Waals surface area contributed by atoms with E-state index in [4.69, 9.17) is 0 Å². The lowest BCUT2D eigenvalue weighted by Crippen LogP contribution is -2.43. The first-order chi connectivity index (χ1) is 13.1. The molecule has 0 saturated carbocycles. The van der Waals surface area contributed by atoms with Crippen molar-refractivity contribution in [3.63, 3.8) is 0 Å². The molecule has 3 aromatic carbocycles. The lowest BCUT2D eigenvalue weighted by molar-refractivity contribution is -0.117. The number of fused-ring (bicyclic) bond motifs is 1. The van der Waals surface area contributed by atoms with Gasteiger partial charge in [0.15, 0.2) is 0 Å². The summed E-state index contributed by atoms with van der Waals surface area (Å²) < 4.78 is 0. The van der Waals surface area contributed by atoms with Gasteiger partial charge in [-0.25, -0.2) is 0 Å². The molecular formula is C24H24N2O. The van der Waals surface area contributed by atoms with E-state index in [0.29, 0.717) is 0 Å². The number of carbonyl (C=O) groups excluding carboxylic acids is 1. The minimum absolute atomic E-state index is 0.0920. The molecule has 0 bridgehead atoms. The summed E-state index contributed by atoms with van der Waals surface area (Å²) in [6.07, 6.45) is 0.875. The maximum absolute atomic E-state index is 12.3. The van der Waals surface area contributed by atoms with Crippen molar-refractivity contribution < 1.29 is 4.79 Å². The van der Waals surface area contributed by atoms with Crippen molar-refractivity contribution in [1.82, 2.24) is 0 Å². The zero-order valence-corrected chi connectivity index (χ0v) is 15.7. The molecule has 0 aliphatic carbocycles. The van der Waals surface area contributed by atoms with E-state index in [9.17, 15) is 4.79 Å². The molecule has 27 heavy (non-hydrogen) atoms. The highest BCUT2D eigenvalue weighted by Gasteiger charge is 2.32. The predicted molar refractivity (Wildman–Crippen MR) is 112 cm³/mol. The molecule has 1 amide bonds. The molecule has 0 radical (unpaired) electrons. The molecule has 1 heterocycles. The zero-order valence-electron chi connectivity index (χ0n) is 15.7. The molecule has 1 aliphatic heterocycles. The second-order valence-corrected chi connectivity index (χ2v) is 7.18. The summed E-state index contributed by atoms with van der Waals surface area (Å²) in [6.45, 7) is 3.77. The molecule has 0 saturated heterocycles. The lowest BCUT2D eigenvalue weighted by atomic mass is 9.89. The van der Waals surface area contributed by atoms with E-state index >= 15 is 0 Å². The molecule has 3 heteroatoms.